The molecular formula is C32H34O8S. The molecule has 3 heterocycles. The molecule has 1 N–H and O–H groups in total. The second kappa shape index (κ2) is 11.3. The quantitative estimate of drug-likeness (QED) is 0.382. The molecule has 0 amide bonds. The fourth-order valence-electron chi connectivity index (χ4n) is 5.96. The number of sulfone groups is 1. The van der Waals surface area contributed by atoms with E-state index in [2.05, 4.69) is 25.1 Å². The molecule has 3 aromatic carbocycles. The highest BCUT2D eigenvalue weighted by molar-refractivity contribution is 7.91. The Hall–Kier alpha value is -3.72. The van der Waals surface area contributed by atoms with E-state index < -0.39 is 15.8 Å². The molecule has 0 spiro atoms. The normalized spacial score (nSPS) is 19.1. The summed E-state index contributed by atoms with van der Waals surface area (Å²) in [5, 5.41) is 9.13. The van der Waals surface area contributed by atoms with E-state index in [4.69, 9.17) is 24.1 Å². The molecule has 41 heavy (non-hydrogen) atoms. The third-order valence-corrected chi connectivity index (χ3v) is 9.90. The Balaban J connectivity index is 1.16. The lowest BCUT2D eigenvalue weighted by Crippen LogP contribution is -2.26. The zero-order valence-corrected chi connectivity index (χ0v) is 23.9. The molecule has 8 nitrogen and oxygen atoms in total. The SMILES string of the molecule is Cc1cc(OCC2CCS(=O)(=O)CC2)cc2c1-c1cc(COc3ccc4c(c3)OC[C@H]4CC(=O)O)ccc1OCC2. The van der Waals surface area contributed by atoms with Crippen LogP contribution in [0.15, 0.2) is 48.5 Å². The first-order valence-corrected chi connectivity index (χ1v) is 15.9. The molecule has 6 rings (SSSR count). The van der Waals surface area contributed by atoms with Gasteiger partial charge in [0.2, 0.25) is 0 Å². The number of aryl methyl sites for hydroxylation is 1. The molecule has 3 aromatic rings. The second-order valence-corrected chi connectivity index (χ2v) is 13.5. The van der Waals surface area contributed by atoms with Gasteiger partial charge in [0.1, 0.15) is 39.4 Å². The van der Waals surface area contributed by atoms with Crippen LogP contribution in [0.25, 0.3) is 11.1 Å². The lowest BCUT2D eigenvalue weighted by atomic mass is 9.92. The summed E-state index contributed by atoms with van der Waals surface area (Å²) in [5.41, 5.74) is 6.33. The van der Waals surface area contributed by atoms with Gasteiger partial charge in [0.25, 0.3) is 0 Å². The maximum atomic E-state index is 11.7. The Morgan fingerprint density at radius 2 is 1.80 bits per heavy atom. The number of ether oxygens (including phenoxy) is 4. The number of carbonyl (C=O) groups is 1. The van der Waals surface area contributed by atoms with Crippen molar-refractivity contribution in [3.05, 3.63) is 70.8 Å². The predicted octanol–water partition coefficient (Wildman–Crippen LogP) is 5.33. The van der Waals surface area contributed by atoms with Crippen molar-refractivity contribution in [1.29, 1.82) is 0 Å². The Kier molecular flexibility index (Phi) is 7.55. The van der Waals surface area contributed by atoms with Crippen LogP contribution in [0.4, 0.5) is 0 Å². The van der Waals surface area contributed by atoms with Gasteiger partial charge in [-0.2, -0.15) is 0 Å². The summed E-state index contributed by atoms with van der Waals surface area (Å²) < 4.78 is 47.6. The minimum atomic E-state index is -2.88. The number of benzene rings is 3. The van der Waals surface area contributed by atoms with Crippen molar-refractivity contribution in [3.8, 4) is 34.1 Å². The molecule has 1 saturated heterocycles. The fourth-order valence-corrected chi connectivity index (χ4v) is 7.55. The van der Waals surface area contributed by atoms with E-state index in [1.807, 2.05) is 30.3 Å². The second-order valence-electron chi connectivity index (χ2n) is 11.2. The average Bonchev–Trinajstić information content (AvgIpc) is 3.22. The summed E-state index contributed by atoms with van der Waals surface area (Å²) in [7, 11) is -2.88. The maximum Gasteiger partial charge on any atom is 0.304 e. The Bertz CT molecular complexity index is 1560. The van der Waals surface area contributed by atoms with Crippen LogP contribution in [0, 0.1) is 12.8 Å². The minimum Gasteiger partial charge on any atom is -0.493 e. The van der Waals surface area contributed by atoms with Gasteiger partial charge in [0, 0.05) is 29.5 Å². The zero-order chi connectivity index (χ0) is 28.6. The highest BCUT2D eigenvalue weighted by Gasteiger charge is 2.27. The molecule has 1 fully saturated rings. The maximum absolute atomic E-state index is 11.7. The molecule has 3 aliphatic heterocycles. The lowest BCUT2D eigenvalue weighted by Gasteiger charge is -2.22. The molecule has 9 heteroatoms. The van der Waals surface area contributed by atoms with Crippen molar-refractivity contribution in [3.63, 3.8) is 0 Å². The van der Waals surface area contributed by atoms with Crippen LogP contribution in [0.2, 0.25) is 0 Å². The number of hydrogen-bond acceptors (Lipinski definition) is 7. The summed E-state index contributed by atoms with van der Waals surface area (Å²) in [5.74, 6) is 2.77. The van der Waals surface area contributed by atoms with Gasteiger partial charge in [-0.05, 0) is 78.3 Å². The molecule has 0 bridgehead atoms. The van der Waals surface area contributed by atoms with Crippen LogP contribution >= 0.6 is 0 Å². The van der Waals surface area contributed by atoms with E-state index in [0.717, 1.165) is 51.3 Å². The fraction of sp³-hybridized carbons (Fsp3) is 0.406. The summed E-state index contributed by atoms with van der Waals surface area (Å²) in [6.07, 6.45) is 2.11. The zero-order valence-electron chi connectivity index (χ0n) is 23.1. The third kappa shape index (κ3) is 6.15. The van der Waals surface area contributed by atoms with Crippen molar-refractivity contribution in [2.45, 2.75) is 45.1 Å². The summed E-state index contributed by atoms with van der Waals surface area (Å²) in [6.45, 7) is 3.90. The first kappa shape index (κ1) is 27.4. The molecule has 0 radical (unpaired) electrons. The summed E-state index contributed by atoms with van der Waals surface area (Å²) in [4.78, 5) is 11.1. The van der Waals surface area contributed by atoms with Gasteiger partial charge in [0.05, 0.1) is 37.7 Å². The molecule has 0 aromatic heterocycles. The summed E-state index contributed by atoms with van der Waals surface area (Å²) in [6, 6.07) is 15.8. The molecule has 0 unspecified atom stereocenters. The van der Waals surface area contributed by atoms with E-state index in [1.54, 1.807) is 0 Å². The van der Waals surface area contributed by atoms with Crippen LogP contribution < -0.4 is 18.9 Å². The first-order valence-electron chi connectivity index (χ1n) is 14.1. The monoisotopic (exact) mass is 578 g/mol. The van der Waals surface area contributed by atoms with Crippen molar-refractivity contribution in [1.82, 2.24) is 0 Å². The lowest BCUT2D eigenvalue weighted by molar-refractivity contribution is -0.137. The van der Waals surface area contributed by atoms with E-state index in [9.17, 15) is 13.2 Å². The van der Waals surface area contributed by atoms with Crippen LogP contribution in [0.3, 0.4) is 0 Å². The number of aliphatic carboxylic acids is 1. The van der Waals surface area contributed by atoms with Gasteiger partial charge in [-0.15, -0.1) is 0 Å². The van der Waals surface area contributed by atoms with E-state index in [0.29, 0.717) is 50.8 Å². The first-order chi connectivity index (χ1) is 19.7. The minimum absolute atomic E-state index is 0.0475. The van der Waals surface area contributed by atoms with Crippen molar-refractivity contribution >= 4 is 15.8 Å². The number of fused-ring (bicyclic) bond motifs is 4. The molecule has 216 valence electrons. The molecular weight excluding hydrogens is 544 g/mol. The molecule has 0 aliphatic carbocycles. The Morgan fingerprint density at radius 1 is 0.976 bits per heavy atom. The van der Waals surface area contributed by atoms with Crippen molar-refractivity contribution < 1.29 is 37.3 Å². The van der Waals surface area contributed by atoms with Crippen molar-refractivity contribution in [2.24, 2.45) is 5.92 Å². The molecule has 3 aliphatic rings. The van der Waals surface area contributed by atoms with Crippen LogP contribution in [0.5, 0.6) is 23.0 Å². The van der Waals surface area contributed by atoms with Crippen LogP contribution in [-0.4, -0.2) is 50.8 Å². The Morgan fingerprint density at radius 3 is 2.61 bits per heavy atom. The van der Waals surface area contributed by atoms with Gasteiger partial charge in [-0.3, -0.25) is 4.79 Å². The number of carboxylic acid groups (broad SMARTS) is 1. The van der Waals surface area contributed by atoms with E-state index >= 15 is 0 Å². The molecule has 1 atom stereocenters. The van der Waals surface area contributed by atoms with Gasteiger partial charge >= 0.3 is 5.97 Å². The van der Waals surface area contributed by atoms with Crippen LogP contribution in [-0.2, 0) is 27.7 Å². The van der Waals surface area contributed by atoms with E-state index in [-0.39, 0.29) is 29.8 Å². The van der Waals surface area contributed by atoms with E-state index in [1.165, 1.54) is 0 Å². The standard InChI is InChI=1S/C32H34O8S/c1-20-12-26(39-17-21-7-10-41(35,36)11-8-21)14-23-6-9-37-29-5-2-22(13-28(29)32(20)23)18-38-25-3-4-27-24(15-31(33)34)19-40-30(27)16-25/h2-5,12-14,16,21,24H,6-11,15,17-19H2,1H3,(H,33,34)/t24-/m1/s1. The topological polar surface area (TPSA) is 108 Å². The van der Waals surface area contributed by atoms with Gasteiger partial charge < -0.3 is 24.1 Å². The Labute approximate surface area is 240 Å². The van der Waals surface area contributed by atoms with Gasteiger partial charge in [-0.25, -0.2) is 8.42 Å². The number of hydrogen-bond donors (Lipinski definition) is 1. The third-order valence-electron chi connectivity index (χ3n) is 8.18. The van der Waals surface area contributed by atoms with Gasteiger partial charge in [0.15, 0.2) is 0 Å². The molecule has 0 saturated carbocycles. The largest absolute Gasteiger partial charge is 0.493 e. The van der Waals surface area contributed by atoms with Gasteiger partial charge in [-0.1, -0.05) is 12.1 Å². The summed E-state index contributed by atoms with van der Waals surface area (Å²) >= 11 is 0. The smallest absolute Gasteiger partial charge is 0.304 e. The van der Waals surface area contributed by atoms with Crippen LogP contribution in [0.1, 0.15) is 47.4 Å². The number of rotatable bonds is 8. The van der Waals surface area contributed by atoms with Crippen molar-refractivity contribution in [2.75, 3.05) is 31.3 Å². The highest BCUT2D eigenvalue weighted by atomic mass is 32.2. The number of carboxylic acids is 1. The average molecular weight is 579 g/mol. The highest BCUT2D eigenvalue weighted by Crippen LogP contribution is 2.41. The predicted molar refractivity (Wildman–Crippen MR) is 154 cm³/mol.